The number of allylic oxidation sites excluding steroid dienone is 2. The first-order valence-corrected chi connectivity index (χ1v) is 16.6. The van der Waals surface area contributed by atoms with Crippen molar-refractivity contribution in [3.63, 3.8) is 0 Å². The minimum absolute atomic E-state index is 0. The van der Waals surface area contributed by atoms with Crippen LogP contribution in [0.1, 0.15) is 53.4 Å². The number of benzene rings is 3. The predicted octanol–water partition coefficient (Wildman–Crippen LogP) is 8.14. The zero-order chi connectivity index (χ0) is 29.4. The van der Waals surface area contributed by atoms with Crippen LogP contribution in [-0.4, -0.2) is 35.8 Å². The van der Waals surface area contributed by atoms with Crippen molar-refractivity contribution >= 4 is 68.3 Å². The summed E-state index contributed by atoms with van der Waals surface area (Å²) in [5, 5.41) is 23.4. The predicted molar refractivity (Wildman–Crippen MR) is 172 cm³/mol. The van der Waals surface area contributed by atoms with E-state index in [4.69, 9.17) is 0 Å². The smallest absolute Gasteiger partial charge is 0 e. The Kier molecular flexibility index (Phi) is 12.9. The van der Waals surface area contributed by atoms with E-state index in [1.165, 1.54) is 10.8 Å². The van der Waals surface area contributed by atoms with Gasteiger partial charge in [0.2, 0.25) is 0 Å². The molecule has 0 atom stereocenters. The molecule has 2 aromatic heterocycles. The fraction of sp³-hybridized carbons (Fsp3) is 0.294. The maximum atomic E-state index is 11.7. The molecule has 0 spiro atoms. The molecule has 0 amide bonds. The Morgan fingerprint density at radius 3 is 2.33 bits per heavy atom. The van der Waals surface area contributed by atoms with E-state index in [1.807, 2.05) is 52.0 Å². The molecule has 0 unspecified atom stereocenters. The Balaban J connectivity index is 0.000000263. The van der Waals surface area contributed by atoms with E-state index in [1.54, 1.807) is 17.7 Å². The maximum Gasteiger partial charge on any atom is 0 e. The third-order valence-corrected chi connectivity index (χ3v) is 9.96. The molecule has 1 N–H and O–H groups in total. The summed E-state index contributed by atoms with van der Waals surface area (Å²) in [6, 6.07) is 22.0. The summed E-state index contributed by atoms with van der Waals surface area (Å²) in [6.07, 6.45) is 6.51. The number of carbonyl (C=O) groups is 1. The SMILES string of the molecule is CCC(CC)C(=O)/C=C(\O)C(CC)CC.N#C[Se]c1c2ccccc2cc2c(-c3[c-]c4ccccc4s3)ncnc12.[Ir]. The summed E-state index contributed by atoms with van der Waals surface area (Å²) < 4.78 is 2.22. The van der Waals surface area contributed by atoms with Crippen molar-refractivity contribution in [1.82, 2.24) is 9.97 Å². The summed E-state index contributed by atoms with van der Waals surface area (Å²) in [7, 11) is 0. The van der Waals surface area contributed by atoms with Gasteiger partial charge in [0, 0.05) is 38.0 Å². The topological polar surface area (TPSA) is 86.9 Å². The fourth-order valence-corrected chi connectivity index (χ4v) is 7.33. The van der Waals surface area contributed by atoms with Crippen molar-refractivity contribution in [2.75, 3.05) is 0 Å². The third-order valence-electron chi connectivity index (χ3n) is 7.40. The molecule has 0 saturated heterocycles. The number of rotatable bonds is 9. The van der Waals surface area contributed by atoms with Gasteiger partial charge in [-0.15, -0.1) is 0 Å². The van der Waals surface area contributed by atoms with Gasteiger partial charge in [-0.2, -0.15) is 0 Å². The summed E-state index contributed by atoms with van der Waals surface area (Å²) in [4.78, 5) is 24.2. The number of nitrogens with zero attached hydrogens (tertiary/aromatic N) is 3. The van der Waals surface area contributed by atoms with Crippen LogP contribution in [0, 0.1) is 28.1 Å². The first-order chi connectivity index (χ1) is 19.9. The number of ketones is 1. The molecule has 5 rings (SSSR count). The van der Waals surface area contributed by atoms with Crippen LogP contribution in [0.15, 0.2) is 72.8 Å². The molecule has 0 bridgehead atoms. The van der Waals surface area contributed by atoms with Gasteiger partial charge < -0.3 is 5.11 Å². The van der Waals surface area contributed by atoms with Crippen molar-refractivity contribution in [1.29, 1.82) is 5.26 Å². The van der Waals surface area contributed by atoms with Crippen molar-refractivity contribution in [2.24, 2.45) is 11.8 Å². The second-order valence-corrected chi connectivity index (χ2v) is 12.5. The molecule has 8 heteroatoms. The number of carbonyl (C=O) groups excluding carboxylic acids is 1. The number of fused-ring (bicyclic) bond motifs is 3. The summed E-state index contributed by atoms with van der Waals surface area (Å²) in [6.45, 7) is 8.07. The normalized spacial score (nSPS) is 11.4. The first-order valence-electron chi connectivity index (χ1n) is 14.0. The molecule has 0 saturated carbocycles. The quantitative estimate of drug-likeness (QED) is 0.0534. The zero-order valence-electron chi connectivity index (χ0n) is 24.2. The van der Waals surface area contributed by atoms with Crippen LogP contribution < -0.4 is 4.46 Å². The van der Waals surface area contributed by atoms with E-state index in [0.717, 1.165) is 67.8 Å². The first kappa shape index (κ1) is 33.6. The van der Waals surface area contributed by atoms with Gasteiger partial charge in [-0.3, -0.25) is 4.79 Å². The molecular weight excluding hydrogens is 786 g/mol. The number of aromatic nitrogens is 2. The van der Waals surface area contributed by atoms with E-state index in [9.17, 15) is 15.2 Å². The minimum Gasteiger partial charge on any atom is 0 e. The largest absolute Gasteiger partial charge is 0 e. The summed E-state index contributed by atoms with van der Waals surface area (Å²) in [5.41, 5.74) is 1.76. The molecule has 0 aliphatic heterocycles. The van der Waals surface area contributed by atoms with E-state index >= 15 is 0 Å². The fourth-order valence-electron chi connectivity index (χ4n) is 4.96. The van der Waals surface area contributed by atoms with Gasteiger partial charge >= 0.3 is 160 Å². The molecule has 0 aliphatic rings. The van der Waals surface area contributed by atoms with Gasteiger partial charge in [-0.05, 0) is 25.7 Å². The second kappa shape index (κ2) is 16.1. The van der Waals surface area contributed by atoms with Crippen LogP contribution in [0.25, 0.3) is 42.3 Å². The van der Waals surface area contributed by atoms with E-state index in [2.05, 4.69) is 51.3 Å². The van der Waals surface area contributed by atoms with Crippen LogP contribution in [0.2, 0.25) is 0 Å². The molecular formula is C34H34IrN3O2SSe-. The third kappa shape index (κ3) is 7.53. The number of aliphatic hydroxyl groups is 1. The maximum absolute atomic E-state index is 11.7. The van der Waals surface area contributed by atoms with E-state index < -0.39 is 0 Å². The van der Waals surface area contributed by atoms with E-state index in [-0.39, 0.29) is 58.4 Å². The average molecular weight is 820 g/mol. The summed E-state index contributed by atoms with van der Waals surface area (Å²) in [5.74, 6) is 0.547. The molecule has 42 heavy (non-hydrogen) atoms. The van der Waals surface area contributed by atoms with E-state index in [0.29, 0.717) is 0 Å². The molecule has 0 aliphatic carbocycles. The Labute approximate surface area is 271 Å². The molecule has 1 radical (unpaired) electrons. The Bertz CT molecular complexity index is 1700. The van der Waals surface area contributed by atoms with Crippen LogP contribution in [0.3, 0.4) is 0 Å². The van der Waals surface area contributed by atoms with Crippen molar-refractivity contribution in [2.45, 2.75) is 53.4 Å². The zero-order valence-corrected chi connectivity index (χ0v) is 29.1. The molecule has 5 nitrogen and oxygen atoms in total. The summed E-state index contributed by atoms with van der Waals surface area (Å²) >= 11 is 1.39. The molecule has 219 valence electrons. The molecule has 3 aromatic carbocycles. The van der Waals surface area contributed by atoms with Crippen LogP contribution in [0.4, 0.5) is 0 Å². The Morgan fingerprint density at radius 1 is 1.00 bits per heavy atom. The number of aliphatic hydroxyl groups excluding tert-OH is 1. The molecule has 5 aromatic rings. The number of hydrogen-bond donors (Lipinski definition) is 1. The van der Waals surface area contributed by atoms with Crippen LogP contribution >= 0.6 is 11.3 Å². The van der Waals surface area contributed by atoms with Gasteiger partial charge in [0.25, 0.3) is 0 Å². The number of nitriles is 1. The van der Waals surface area contributed by atoms with Crippen LogP contribution in [0.5, 0.6) is 0 Å². The van der Waals surface area contributed by atoms with Gasteiger partial charge in [-0.25, -0.2) is 0 Å². The van der Waals surface area contributed by atoms with Crippen LogP contribution in [-0.2, 0) is 24.9 Å². The standard InChI is InChI=1S/C21H10N3SSe.C13H24O2.Ir/c22-11-26-21-15-7-3-1-5-13(15)9-16-19(23-12-24-20(16)21)18-10-14-6-2-4-8-17(14)25-18;1-5-10(6-2)12(14)9-13(15)11(7-3)8-4;/h1-9,12H;9-11,14H,5-8H2,1-4H3;/q-1;;/b;12-9-;. The van der Waals surface area contributed by atoms with Crippen molar-refractivity contribution in [3.8, 4) is 15.5 Å². The van der Waals surface area contributed by atoms with Crippen molar-refractivity contribution < 1.29 is 30.0 Å². The van der Waals surface area contributed by atoms with Gasteiger partial charge in [-0.1, -0.05) is 27.7 Å². The average Bonchev–Trinajstić information content (AvgIpc) is 3.43. The molecule has 0 fully saturated rings. The Morgan fingerprint density at radius 2 is 1.67 bits per heavy atom. The van der Waals surface area contributed by atoms with Gasteiger partial charge in [0.15, 0.2) is 5.78 Å². The Hall–Kier alpha value is -2.91. The second-order valence-electron chi connectivity index (χ2n) is 9.79. The van der Waals surface area contributed by atoms with Gasteiger partial charge in [0.1, 0.15) is 0 Å². The minimum atomic E-state index is -0.297. The monoisotopic (exact) mass is 821 g/mol. The number of thiophene rings is 1. The molecule has 2 heterocycles. The van der Waals surface area contributed by atoms with Crippen molar-refractivity contribution in [3.05, 3.63) is 78.8 Å². The number of hydrogen-bond acceptors (Lipinski definition) is 6. The van der Waals surface area contributed by atoms with Gasteiger partial charge in [0.05, 0.1) is 5.76 Å².